The van der Waals surface area contributed by atoms with Crippen LogP contribution >= 0.6 is 0 Å². The Kier molecular flexibility index (Phi) is 3.22. The highest BCUT2D eigenvalue weighted by atomic mass is 16.1. The van der Waals surface area contributed by atoms with Crippen LogP contribution in [0.3, 0.4) is 0 Å². The van der Waals surface area contributed by atoms with E-state index in [0.717, 1.165) is 6.42 Å². The number of nitrogens with zero attached hydrogens (tertiary/aromatic N) is 1. The van der Waals surface area contributed by atoms with Crippen LogP contribution in [-0.4, -0.2) is 30.3 Å². The highest BCUT2D eigenvalue weighted by Gasteiger charge is 2.42. The van der Waals surface area contributed by atoms with E-state index in [1.54, 1.807) is 0 Å². The molecule has 2 unspecified atom stereocenters. The monoisotopic (exact) mass is 195 g/mol. The summed E-state index contributed by atoms with van der Waals surface area (Å²) in [5.74, 6) is 1.63. The van der Waals surface area contributed by atoms with Gasteiger partial charge in [-0.3, -0.25) is 4.79 Å². The van der Waals surface area contributed by atoms with Crippen LogP contribution in [0.15, 0.2) is 0 Å². The third-order valence-electron chi connectivity index (χ3n) is 3.63. The van der Waals surface area contributed by atoms with Crippen molar-refractivity contribution >= 4 is 5.78 Å². The van der Waals surface area contributed by atoms with Crippen molar-refractivity contribution in [2.45, 2.75) is 39.0 Å². The van der Waals surface area contributed by atoms with Crippen LogP contribution in [0.5, 0.6) is 0 Å². The molecule has 80 valence electrons. The second-order valence-electron chi connectivity index (χ2n) is 4.78. The van der Waals surface area contributed by atoms with Gasteiger partial charge in [-0.2, -0.15) is 0 Å². The lowest BCUT2D eigenvalue weighted by Gasteiger charge is -2.26. The predicted molar refractivity (Wildman–Crippen MR) is 57.2 cm³/mol. The Hall–Kier alpha value is -0.370. The van der Waals surface area contributed by atoms with Gasteiger partial charge in [-0.25, -0.2) is 0 Å². The lowest BCUT2D eigenvalue weighted by atomic mass is 10.1. The average Bonchev–Trinajstić information content (AvgIpc) is 2.98. The molecule has 0 bridgehead atoms. The predicted octanol–water partition coefficient (Wildman–Crippen LogP) is 2.09. The van der Waals surface area contributed by atoms with E-state index >= 15 is 0 Å². The second-order valence-corrected chi connectivity index (χ2v) is 4.78. The number of hydrogen-bond donors (Lipinski definition) is 0. The van der Waals surface area contributed by atoms with Crippen molar-refractivity contribution < 1.29 is 4.79 Å². The molecular weight excluding hydrogens is 174 g/mol. The van der Waals surface area contributed by atoms with Crippen LogP contribution in [0.25, 0.3) is 0 Å². The van der Waals surface area contributed by atoms with Crippen molar-refractivity contribution in [2.24, 2.45) is 11.8 Å². The van der Waals surface area contributed by atoms with E-state index in [9.17, 15) is 4.79 Å². The number of ketones is 1. The Morgan fingerprint density at radius 2 is 2.00 bits per heavy atom. The number of carbonyl (C=O) groups excluding carboxylic acids is 1. The fourth-order valence-corrected chi connectivity index (χ4v) is 2.58. The molecule has 0 N–H and O–H groups in total. The lowest BCUT2D eigenvalue weighted by molar-refractivity contribution is -0.120. The standard InChI is InChI=1S/C12H21NO/c1-2-12(14)11-8-10(11)9-13-6-4-3-5-7-13/h10-11H,2-9H2,1H3. The molecule has 0 spiro atoms. The number of piperidine rings is 1. The number of likely N-dealkylation sites (tertiary alicyclic amines) is 1. The molecule has 0 aromatic rings. The van der Waals surface area contributed by atoms with E-state index in [4.69, 9.17) is 0 Å². The van der Waals surface area contributed by atoms with Crippen molar-refractivity contribution in [3.8, 4) is 0 Å². The zero-order valence-corrected chi connectivity index (χ0v) is 9.17. The maximum atomic E-state index is 11.4. The van der Waals surface area contributed by atoms with Gasteiger partial charge < -0.3 is 4.90 Å². The zero-order valence-electron chi connectivity index (χ0n) is 9.17. The summed E-state index contributed by atoms with van der Waals surface area (Å²) in [6, 6.07) is 0. The van der Waals surface area contributed by atoms with E-state index in [2.05, 4.69) is 4.90 Å². The SMILES string of the molecule is CCC(=O)C1CC1CN1CCCCC1. The first-order chi connectivity index (χ1) is 6.81. The molecule has 1 saturated carbocycles. The molecular formula is C12H21NO. The van der Waals surface area contributed by atoms with Gasteiger partial charge in [-0.05, 0) is 38.3 Å². The zero-order chi connectivity index (χ0) is 9.97. The maximum Gasteiger partial charge on any atom is 0.136 e. The van der Waals surface area contributed by atoms with Gasteiger partial charge in [0.25, 0.3) is 0 Å². The molecule has 2 atom stereocenters. The highest BCUT2D eigenvalue weighted by Crippen LogP contribution is 2.40. The first kappa shape index (κ1) is 10.2. The van der Waals surface area contributed by atoms with Crippen molar-refractivity contribution in [3.63, 3.8) is 0 Å². The molecule has 1 aliphatic heterocycles. The summed E-state index contributed by atoms with van der Waals surface area (Å²) in [7, 11) is 0. The Morgan fingerprint density at radius 3 is 2.64 bits per heavy atom. The van der Waals surface area contributed by atoms with Gasteiger partial charge >= 0.3 is 0 Å². The van der Waals surface area contributed by atoms with Crippen molar-refractivity contribution in [1.29, 1.82) is 0 Å². The number of Topliss-reactive ketones (excluding diaryl/α,β-unsaturated/α-hetero) is 1. The summed E-state index contributed by atoms with van der Waals surface area (Å²) in [6.45, 7) is 5.71. The molecule has 1 aliphatic carbocycles. The summed E-state index contributed by atoms with van der Waals surface area (Å²) >= 11 is 0. The summed E-state index contributed by atoms with van der Waals surface area (Å²) < 4.78 is 0. The average molecular weight is 195 g/mol. The molecule has 0 amide bonds. The smallest absolute Gasteiger partial charge is 0.136 e. The fraction of sp³-hybridized carbons (Fsp3) is 0.917. The van der Waals surface area contributed by atoms with Gasteiger partial charge in [0.15, 0.2) is 0 Å². The van der Waals surface area contributed by atoms with Crippen LogP contribution in [0.1, 0.15) is 39.0 Å². The minimum atomic E-state index is 0.432. The van der Waals surface area contributed by atoms with E-state index in [0.29, 0.717) is 17.6 Å². The van der Waals surface area contributed by atoms with E-state index in [1.165, 1.54) is 45.3 Å². The normalized spacial score (nSPS) is 32.9. The molecule has 2 heteroatoms. The van der Waals surface area contributed by atoms with E-state index < -0.39 is 0 Å². The molecule has 2 aliphatic rings. The number of hydrogen-bond acceptors (Lipinski definition) is 2. The molecule has 2 fully saturated rings. The van der Waals surface area contributed by atoms with Crippen molar-refractivity contribution in [3.05, 3.63) is 0 Å². The van der Waals surface area contributed by atoms with Gasteiger partial charge in [0.2, 0.25) is 0 Å². The summed E-state index contributed by atoms with van der Waals surface area (Å²) in [4.78, 5) is 14.0. The van der Waals surface area contributed by atoms with Crippen LogP contribution in [0, 0.1) is 11.8 Å². The molecule has 2 rings (SSSR count). The van der Waals surface area contributed by atoms with Gasteiger partial charge in [-0.15, -0.1) is 0 Å². The fourth-order valence-electron chi connectivity index (χ4n) is 2.58. The molecule has 1 heterocycles. The molecule has 1 saturated heterocycles. The Morgan fingerprint density at radius 1 is 1.29 bits per heavy atom. The van der Waals surface area contributed by atoms with Gasteiger partial charge in [0.1, 0.15) is 5.78 Å². The number of rotatable bonds is 4. The second kappa shape index (κ2) is 4.43. The molecule has 0 radical (unpaired) electrons. The topological polar surface area (TPSA) is 20.3 Å². The van der Waals surface area contributed by atoms with Crippen molar-refractivity contribution in [1.82, 2.24) is 4.90 Å². The van der Waals surface area contributed by atoms with Crippen LogP contribution < -0.4 is 0 Å². The van der Waals surface area contributed by atoms with Gasteiger partial charge in [0.05, 0.1) is 0 Å². The largest absolute Gasteiger partial charge is 0.303 e. The first-order valence-electron chi connectivity index (χ1n) is 6.06. The van der Waals surface area contributed by atoms with Crippen LogP contribution in [0.2, 0.25) is 0 Å². The Bertz CT molecular complexity index is 208. The summed E-state index contributed by atoms with van der Waals surface area (Å²) in [5.41, 5.74) is 0. The summed E-state index contributed by atoms with van der Waals surface area (Å²) in [5, 5.41) is 0. The highest BCUT2D eigenvalue weighted by molar-refractivity contribution is 5.83. The molecule has 0 aromatic heterocycles. The molecule has 14 heavy (non-hydrogen) atoms. The maximum absolute atomic E-state index is 11.4. The van der Waals surface area contributed by atoms with E-state index in [-0.39, 0.29) is 0 Å². The quantitative estimate of drug-likeness (QED) is 0.684. The lowest BCUT2D eigenvalue weighted by Crippen LogP contribution is -2.32. The number of carbonyl (C=O) groups is 1. The molecule has 0 aromatic carbocycles. The Labute approximate surface area is 86.7 Å². The van der Waals surface area contributed by atoms with Crippen LogP contribution in [-0.2, 0) is 4.79 Å². The van der Waals surface area contributed by atoms with Gasteiger partial charge in [0, 0.05) is 18.9 Å². The van der Waals surface area contributed by atoms with Crippen molar-refractivity contribution in [2.75, 3.05) is 19.6 Å². The van der Waals surface area contributed by atoms with E-state index in [1.807, 2.05) is 6.92 Å². The minimum Gasteiger partial charge on any atom is -0.303 e. The third-order valence-corrected chi connectivity index (χ3v) is 3.63. The summed E-state index contributed by atoms with van der Waals surface area (Å²) in [6.07, 6.45) is 6.03. The molecule has 2 nitrogen and oxygen atoms in total. The van der Waals surface area contributed by atoms with Gasteiger partial charge in [-0.1, -0.05) is 13.3 Å². The van der Waals surface area contributed by atoms with Crippen LogP contribution in [0.4, 0.5) is 0 Å². The first-order valence-corrected chi connectivity index (χ1v) is 6.06. The Balaban J connectivity index is 1.70. The third kappa shape index (κ3) is 2.35. The minimum absolute atomic E-state index is 0.432.